The smallest absolute Gasteiger partial charge is 0.258 e. The van der Waals surface area contributed by atoms with E-state index in [1.807, 2.05) is 12.1 Å². The van der Waals surface area contributed by atoms with Gasteiger partial charge >= 0.3 is 0 Å². The number of carbonyl (C=O) groups excluding carboxylic acids is 1. The van der Waals surface area contributed by atoms with E-state index in [4.69, 9.17) is 4.74 Å². The van der Waals surface area contributed by atoms with Crippen LogP contribution in [0.4, 0.5) is 0 Å². The monoisotopic (exact) mass is 341 g/mol. The first-order valence-electron chi connectivity index (χ1n) is 10.1. The molecule has 4 fully saturated rings. The molecule has 136 valence electrons. The van der Waals surface area contributed by atoms with Crippen molar-refractivity contribution < 1.29 is 9.53 Å². The van der Waals surface area contributed by atoms with Crippen molar-refractivity contribution in [2.24, 2.45) is 17.8 Å². The number of carbonyl (C=O) groups is 1. The summed E-state index contributed by atoms with van der Waals surface area (Å²) in [5, 5.41) is 3.37. The second kappa shape index (κ2) is 6.66. The van der Waals surface area contributed by atoms with Crippen molar-refractivity contribution in [3.8, 4) is 5.75 Å². The number of amides is 1. The summed E-state index contributed by atoms with van der Waals surface area (Å²) in [4.78, 5) is 12.5. The average molecular weight is 341 g/mol. The van der Waals surface area contributed by atoms with E-state index in [0.29, 0.717) is 5.92 Å². The maximum Gasteiger partial charge on any atom is 0.258 e. The predicted molar refractivity (Wildman–Crippen MR) is 99.7 cm³/mol. The van der Waals surface area contributed by atoms with Gasteiger partial charge in [0.2, 0.25) is 0 Å². The van der Waals surface area contributed by atoms with Crippen LogP contribution in [0.2, 0.25) is 0 Å². The van der Waals surface area contributed by atoms with Gasteiger partial charge < -0.3 is 10.1 Å². The quantitative estimate of drug-likeness (QED) is 0.817. The molecule has 4 aliphatic rings. The summed E-state index contributed by atoms with van der Waals surface area (Å²) in [6, 6.07) is 8.19. The third kappa shape index (κ3) is 3.56. The Morgan fingerprint density at radius 1 is 1.12 bits per heavy atom. The molecule has 0 heterocycles. The molecule has 0 saturated heterocycles. The number of rotatable bonds is 6. The Morgan fingerprint density at radius 3 is 2.20 bits per heavy atom. The number of hydrogen-bond acceptors (Lipinski definition) is 2. The summed E-state index contributed by atoms with van der Waals surface area (Å²) in [6.45, 7) is 4.56. The lowest BCUT2D eigenvalue weighted by molar-refractivity contribution is -0.128. The average Bonchev–Trinajstić information content (AvgIpc) is 2.58. The van der Waals surface area contributed by atoms with Crippen LogP contribution >= 0.6 is 0 Å². The molecule has 4 bridgehead atoms. The van der Waals surface area contributed by atoms with Crippen LogP contribution in [0.3, 0.4) is 0 Å². The summed E-state index contributed by atoms with van der Waals surface area (Å²) in [5.74, 6) is 3.94. The SMILES string of the molecule is CCC(C)c1ccc(OCC(=O)NC23CC4CC(CC(C4)C2)C3)cc1. The van der Waals surface area contributed by atoms with Crippen LogP contribution < -0.4 is 10.1 Å². The molecule has 4 saturated carbocycles. The first-order valence-corrected chi connectivity index (χ1v) is 10.1. The Balaban J connectivity index is 1.31. The molecular formula is C22H31NO2. The van der Waals surface area contributed by atoms with E-state index in [9.17, 15) is 4.79 Å². The minimum atomic E-state index is 0.0490. The largest absolute Gasteiger partial charge is 0.484 e. The highest BCUT2D eigenvalue weighted by atomic mass is 16.5. The third-order valence-electron chi connectivity index (χ3n) is 6.87. The Bertz CT molecular complexity index is 586. The summed E-state index contributed by atoms with van der Waals surface area (Å²) >= 11 is 0. The van der Waals surface area contributed by atoms with E-state index in [2.05, 4.69) is 31.3 Å². The van der Waals surface area contributed by atoms with Crippen molar-refractivity contribution in [3.05, 3.63) is 29.8 Å². The maximum absolute atomic E-state index is 12.5. The van der Waals surface area contributed by atoms with E-state index >= 15 is 0 Å². The molecule has 4 aliphatic carbocycles. The van der Waals surface area contributed by atoms with E-state index in [0.717, 1.165) is 29.9 Å². The molecule has 0 aliphatic heterocycles. The number of ether oxygens (including phenoxy) is 1. The number of hydrogen-bond donors (Lipinski definition) is 1. The lowest BCUT2D eigenvalue weighted by Crippen LogP contribution is -2.60. The highest BCUT2D eigenvalue weighted by Crippen LogP contribution is 2.55. The fraction of sp³-hybridized carbons (Fsp3) is 0.682. The van der Waals surface area contributed by atoms with Crippen molar-refractivity contribution in [2.45, 2.75) is 70.3 Å². The Kier molecular flexibility index (Phi) is 4.51. The van der Waals surface area contributed by atoms with Gasteiger partial charge in [-0.3, -0.25) is 4.79 Å². The Labute approximate surface area is 151 Å². The zero-order chi connectivity index (χ0) is 17.4. The highest BCUT2D eigenvalue weighted by Gasteiger charge is 2.51. The fourth-order valence-corrected chi connectivity index (χ4v) is 5.87. The minimum Gasteiger partial charge on any atom is -0.484 e. The Morgan fingerprint density at radius 2 is 1.68 bits per heavy atom. The molecular weight excluding hydrogens is 310 g/mol. The van der Waals surface area contributed by atoms with E-state index in [1.54, 1.807) is 0 Å². The maximum atomic E-state index is 12.5. The van der Waals surface area contributed by atoms with Gasteiger partial charge in [0.1, 0.15) is 5.75 Å². The summed E-state index contributed by atoms with van der Waals surface area (Å²) in [6.07, 6.45) is 8.89. The molecule has 0 aromatic heterocycles. The van der Waals surface area contributed by atoms with Crippen molar-refractivity contribution in [3.63, 3.8) is 0 Å². The van der Waals surface area contributed by atoms with Crippen molar-refractivity contribution >= 4 is 5.91 Å². The molecule has 0 radical (unpaired) electrons. The molecule has 3 heteroatoms. The highest BCUT2D eigenvalue weighted by molar-refractivity contribution is 5.78. The van der Waals surface area contributed by atoms with Crippen LogP contribution in [0.25, 0.3) is 0 Å². The summed E-state index contributed by atoms with van der Waals surface area (Å²) < 4.78 is 5.74. The van der Waals surface area contributed by atoms with Gasteiger partial charge in [-0.15, -0.1) is 0 Å². The molecule has 0 spiro atoms. The summed E-state index contributed by atoms with van der Waals surface area (Å²) in [5.41, 5.74) is 1.41. The molecule has 1 unspecified atom stereocenters. The molecule has 1 N–H and O–H groups in total. The first kappa shape index (κ1) is 16.9. The van der Waals surface area contributed by atoms with E-state index < -0.39 is 0 Å². The lowest BCUT2D eigenvalue weighted by Gasteiger charge is -2.56. The molecule has 5 rings (SSSR count). The van der Waals surface area contributed by atoms with Crippen LogP contribution in [-0.4, -0.2) is 18.1 Å². The second-order valence-corrected chi connectivity index (χ2v) is 8.91. The minimum absolute atomic E-state index is 0.0490. The van der Waals surface area contributed by atoms with Gasteiger partial charge in [0.15, 0.2) is 6.61 Å². The normalized spacial score (nSPS) is 33.9. The third-order valence-corrected chi connectivity index (χ3v) is 6.87. The second-order valence-electron chi connectivity index (χ2n) is 8.91. The Hall–Kier alpha value is -1.51. The van der Waals surface area contributed by atoms with Crippen molar-refractivity contribution in [2.75, 3.05) is 6.61 Å². The topological polar surface area (TPSA) is 38.3 Å². The van der Waals surface area contributed by atoms with Gasteiger partial charge in [-0.05, 0) is 86.3 Å². The molecule has 1 aromatic carbocycles. The van der Waals surface area contributed by atoms with Gasteiger partial charge in [-0.1, -0.05) is 26.0 Å². The van der Waals surface area contributed by atoms with Crippen LogP contribution in [0.5, 0.6) is 5.75 Å². The van der Waals surface area contributed by atoms with Gasteiger partial charge in [0.25, 0.3) is 5.91 Å². The van der Waals surface area contributed by atoms with Crippen LogP contribution in [0, 0.1) is 17.8 Å². The van der Waals surface area contributed by atoms with Gasteiger partial charge in [0, 0.05) is 5.54 Å². The molecule has 25 heavy (non-hydrogen) atoms. The standard InChI is InChI=1S/C22H31NO2/c1-3-15(2)19-4-6-20(7-5-19)25-14-21(24)23-22-11-16-8-17(12-22)10-18(9-16)13-22/h4-7,15-18H,3,8-14H2,1-2H3,(H,23,24). The van der Waals surface area contributed by atoms with Crippen molar-refractivity contribution in [1.29, 1.82) is 0 Å². The summed E-state index contributed by atoms with van der Waals surface area (Å²) in [7, 11) is 0. The first-order chi connectivity index (χ1) is 12.0. The van der Waals surface area contributed by atoms with Gasteiger partial charge in [0.05, 0.1) is 0 Å². The van der Waals surface area contributed by atoms with Crippen molar-refractivity contribution in [1.82, 2.24) is 5.32 Å². The fourth-order valence-electron chi connectivity index (χ4n) is 5.87. The molecule has 1 atom stereocenters. The van der Waals surface area contributed by atoms with E-state index in [-0.39, 0.29) is 18.1 Å². The zero-order valence-corrected chi connectivity index (χ0v) is 15.6. The molecule has 1 amide bonds. The number of nitrogens with one attached hydrogen (secondary N) is 1. The number of benzene rings is 1. The molecule has 3 nitrogen and oxygen atoms in total. The van der Waals surface area contributed by atoms with Crippen LogP contribution in [0.15, 0.2) is 24.3 Å². The van der Waals surface area contributed by atoms with E-state index in [1.165, 1.54) is 44.1 Å². The molecule has 1 aromatic rings. The van der Waals surface area contributed by atoms with Crippen LogP contribution in [0.1, 0.15) is 70.3 Å². The van der Waals surface area contributed by atoms with Gasteiger partial charge in [-0.25, -0.2) is 0 Å². The van der Waals surface area contributed by atoms with Crippen LogP contribution in [-0.2, 0) is 4.79 Å². The zero-order valence-electron chi connectivity index (χ0n) is 15.6. The lowest BCUT2D eigenvalue weighted by atomic mass is 9.53. The van der Waals surface area contributed by atoms with Gasteiger partial charge in [-0.2, -0.15) is 0 Å². The predicted octanol–water partition coefficient (Wildman–Crippen LogP) is 4.66.